The van der Waals surface area contributed by atoms with Crippen LogP contribution in [0.25, 0.3) is 0 Å². The van der Waals surface area contributed by atoms with Gasteiger partial charge in [-0.2, -0.15) is 0 Å². The fourth-order valence-corrected chi connectivity index (χ4v) is 1.59. The Morgan fingerprint density at radius 3 is 2.44 bits per heavy atom. The molecule has 7 heteroatoms. The number of carboxylic acid groups (broad SMARTS) is 1. The van der Waals surface area contributed by atoms with Gasteiger partial charge >= 0.3 is 12.0 Å². The Hall–Kier alpha value is -1.46. The molecule has 0 bridgehead atoms. The first-order chi connectivity index (χ1) is 8.31. The van der Waals surface area contributed by atoms with Crippen molar-refractivity contribution in [1.29, 1.82) is 0 Å². The van der Waals surface area contributed by atoms with E-state index in [1.807, 2.05) is 0 Å². The maximum Gasteiger partial charge on any atom is 0.325 e. The topological polar surface area (TPSA) is 78.4 Å². The molecule has 1 rings (SSSR count). The van der Waals surface area contributed by atoms with Gasteiger partial charge in [-0.05, 0) is 31.5 Å². The Labute approximate surface area is 114 Å². The van der Waals surface area contributed by atoms with Crippen LogP contribution < -0.4 is 10.6 Å². The molecule has 0 spiro atoms. The summed E-state index contributed by atoms with van der Waals surface area (Å²) >= 11 is 11.8. The van der Waals surface area contributed by atoms with E-state index in [9.17, 15) is 9.59 Å². The van der Waals surface area contributed by atoms with Crippen molar-refractivity contribution in [2.75, 3.05) is 5.32 Å². The summed E-state index contributed by atoms with van der Waals surface area (Å²) in [6.07, 6.45) is 0. The summed E-state index contributed by atoms with van der Waals surface area (Å²) in [6.45, 7) is 3.14. The van der Waals surface area contributed by atoms with Gasteiger partial charge in [-0.1, -0.05) is 23.2 Å². The molecule has 1 aromatic carbocycles. The summed E-state index contributed by atoms with van der Waals surface area (Å²) in [5.74, 6) is -1.13. The number of aryl methyl sites for hydroxylation is 1. The van der Waals surface area contributed by atoms with Gasteiger partial charge in [-0.15, -0.1) is 0 Å². The lowest BCUT2D eigenvalue weighted by atomic mass is 10.2. The molecule has 0 aliphatic carbocycles. The van der Waals surface area contributed by atoms with Gasteiger partial charge in [0.15, 0.2) is 0 Å². The van der Waals surface area contributed by atoms with E-state index in [2.05, 4.69) is 10.6 Å². The van der Waals surface area contributed by atoms with Crippen LogP contribution in [0.2, 0.25) is 10.0 Å². The number of carboxylic acids is 1. The Morgan fingerprint density at radius 2 is 1.89 bits per heavy atom. The molecule has 0 radical (unpaired) electrons. The molecule has 0 aliphatic rings. The highest BCUT2D eigenvalue weighted by Gasteiger charge is 2.15. The van der Waals surface area contributed by atoms with Crippen LogP contribution in [0.15, 0.2) is 12.1 Å². The van der Waals surface area contributed by atoms with Crippen molar-refractivity contribution in [3.05, 3.63) is 27.7 Å². The van der Waals surface area contributed by atoms with E-state index >= 15 is 0 Å². The highest BCUT2D eigenvalue weighted by molar-refractivity contribution is 6.36. The van der Waals surface area contributed by atoms with Gasteiger partial charge in [0.05, 0.1) is 10.7 Å². The zero-order valence-electron chi connectivity index (χ0n) is 9.75. The largest absolute Gasteiger partial charge is 0.480 e. The number of nitrogens with one attached hydrogen (secondary N) is 2. The number of carbonyl (C=O) groups is 2. The maximum atomic E-state index is 11.5. The molecule has 0 aromatic heterocycles. The van der Waals surface area contributed by atoms with Crippen LogP contribution in [0, 0.1) is 6.92 Å². The lowest BCUT2D eigenvalue weighted by molar-refractivity contribution is -0.138. The summed E-state index contributed by atoms with van der Waals surface area (Å²) in [4.78, 5) is 22.1. The number of urea groups is 1. The van der Waals surface area contributed by atoms with E-state index in [-0.39, 0.29) is 0 Å². The number of rotatable bonds is 3. The number of hydrogen-bond donors (Lipinski definition) is 3. The minimum Gasteiger partial charge on any atom is -0.480 e. The average Bonchev–Trinajstić information content (AvgIpc) is 2.25. The molecule has 1 aromatic rings. The summed E-state index contributed by atoms with van der Waals surface area (Å²) in [5, 5.41) is 14.1. The second-order valence-electron chi connectivity index (χ2n) is 3.74. The van der Waals surface area contributed by atoms with Gasteiger partial charge in [0.25, 0.3) is 0 Å². The van der Waals surface area contributed by atoms with Crippen LogP contribution in [-0.4, -0.2) is 23.1 Å². The highest BCUT2D eigenvalue weighted by Crippen LogP contribution is 2.28. The number of aliphatic carboxylic acids is 1. The fraction of sp³-hybridized carbons (Fsp3) is 0.273. The second kappa shape index (κ2) is 5.93. The first-order valence-electron chi connectivity index (χ1n) is 5.07. The smallest absolute Gasteiger partial charge is 0.325 e. The van der Waals surface area contributed by atoms with Crippen LogP contribution in [0.3, 0.4) is 0 Å². The third-order valence-corrected chi connectivity index (χ3v) is 2.93. The lowest BCUT2D eigenvalue weighted by Gasteiger charge is -2.12. The normalized spacial score (nSPS) is 11.8. The molecule has 0 aliphatic heterocycles. The molecule has 0 saturated heterocycles. The Kier molecular flexibility index (Phi) is 4.81. The van der Waals surface area contributed by atoms with E-state index in [1.54, 1.807) is 13.0 Å². The minimum absolute atomic E-state index is 0.322. The summed E-state index contributed by atoms with van der Waals surface area (Å²) < 4.78 is 0. The molecule has 0 heterocycles. The zero-order valence-corrected chi connectivity index (χ0v) is 11.3. The molecule has 98 valence electrons. The minimum atomic E-state index is -1.13. The predicted octanol–water partition coefficient (Wildman–Crippen LogP) is 2.90. The molecule has 0 fully saturated rings. The molecule has 1 atom stereocenters. The number of benzene rings is 1. The quantitative estimate of drug-likeness (QED) is 0.801. The molecule has 2 amide bonds. The first-order valence-corrected chi connectivity index (χ1v) is 5.83. The average molecular weight is 291 g/mol. The number of hydrogen-bond acceptors (Lipinski definition) is 2. The Bertz CT molecular complexity index is 491. The van der Waals surface area contributed by atoms with Gasteiger partial charge in [0.1, 0.15) is 6.04 Å². The van der Waals surface area contributed by atoms with Gasteiger partial charge in [-0.25, -0.2) is 4.79 Å². The van der Waals surface area contributed by atoms with Crippen molar-refractivity contribution in [3.63, 3.8) is 0 Å². The standard InChI is InChI=1S/C11H12Cl2N2O3/c1-5-3-8(13)9(4-7(5)12)15-11(18)14-6(2)10(16)17/h3-4,6H,1-2H3,(H,16,17)(H2,14,15,18)/t6-/m0/s1. The van der Waals surface area contributed by atoms with Crippen molar-refractivity contribution in [3.8, 4) is 0 Å². The Balaban J connectivity index is 2.76. The van der Waals surface area contributed by atoms with Crippen LogP contribution in [0.4, 0.5) is 10.5 Å². The molecule has 5 nitrogen and oxygen atoms in total. The first kappa shape index (κ1) is 14.6. The van der Waals surface area contributed by atoms with E-state index in [0.29, 0.717) is 15.7 Å². The van der Waals surface area contributed by atoms with Crippen molar-refractivity contribution in [2.45, 2.75) is 19.9 Å². The number of amides is 2. The molecular formula is C11H12Cl2N2O3. The van der Waals surface area contributed by atoms with Crippen molar-refractivity contribution in [1.82, 2.24) is 5.32 Å². The van der Waals surface area contributed by atoms with Crippen LogP contribution in [-0.2, 0) is 4.79 Å². The number of carbonyl (C=O) groups excluding carboxylic acids is 1. The van der Waals surface area contributed by atoms with E-state index in [4.69, 9.17) is 28.3 Å². The fourth-order valence-electron chi connectivity index (χ4n) is 1.16. The summed E-state index contributed by atoms with van der Waals surface area (Å²) in [5.41, 5.74) is 1.11. The molecule has 3 N–H and O–H groups in total. The van der Waals surface area contributed by atoms with Crippen LogP contribution >= 0.6 is 23.2 Å². The van der Waals surface area contributed by atoms with Crippen molar-refractivity contribution < 1.29 is 14.7 Å². The van der Waals surface area contributed by atoms with E-state index in [1.165, 1.54) is 13.0 Å². The zero-order chi connectivity index (χ0) is 13.9. The van der Waals surface area contributed by atoms with Gasteiger partial charge in [0, 0.05) is 5.02 Å². The molecule has 18 heavy (non-hydrogen) atoms. The summed E-state index contributed by atoms with van der Waals surface area (Å²) in [7, 11) is 0. The van der Waals surface area contributed by atoms with Crippen LogP contribution in [0.1, 0.15) is 12.5 Å². The second-order valence-corrected chi connectivity index (χ2v) is 4.55. The van der Waals surface area contributed by atoms with Gasteiger partial charge in [0.2, 0.25) is 0 Å². The third kappa shape index (κ3) is 3.78. The monoisotopic (exact) mass is 290 g/mol. The SMILES string of the molecule is Cc1cc(Cl)c(NC(=O)N[C@@H](C)C(=O)O)cc1Cl. The number of halogens is 2. The predicted molar refractivity (Wildman–Crippen MR) is 70.5 cm³/mol. The maximum absolute atomic E-state index is 11.5. The van der Waals surface area contributed by atoms with Crippen molar-refractivity contribution in [2.24, 2.45) is 0 Å². The summed E-state index contributed by atoms with van der Waals surface area (Å²) in [6, 6.07) is 1.46. The lowest BCUT2D eigenvalue weighted by Crippen LogP contribution is -2.40. The van der Waals surface area contributed by atoms with Crippen LogP contribution in [0.5, 0.6) is 0 Å². The number of anilines is 1. The van der Waals surface area contributed by atoms with E-state index < -0.39 is 18.0 Å². The van der Waals surface area contributed by atoms with Gasteiger partial charge in [-0.3, -0.25) is 4.79 Å². The molecule has 0 unspecified atom stereocenters. The highest BCUT2D eigenvalue weighted by atomic mass is 35.5. The van der Waals surface area contributed by atoms with Crippen molar-refractivity contribution >= 4 is 40.9 Å². The van der Waals surface area contributed by atoms with E-state index in [0.717, 1.165) is 5.56 Å². The van der Waals surface area contributed by atoms with Gasteiger partial charge < -0.3 is 15.7 Å². The molecular weight excluding hydrogens is 279 g/mol. The Morgan fingerprint density at radius 1 is 1.28 bits per heavy atom. The molecule has 0 saturated carbocycles. The third-order valence-electron chi connectivity index (χ3n) is 2.21.